The number of rotatable bonds is 11. The molecule has 11 heteroatoms. The number of carbonyl (C=O) groups is 2. The van der Waals surface area contributed by atoms with Gasteiger partial charge in [-0.15, -0.1) is 0 Å². The van der Waals surface area contributed by atoms with E-state index in [1.54, 1.807) is 23.1 Å². The van der Waals surface area contributed by atoms with Crippen molar-refractivity contribution in [1.29, 1.82) is 0 Å². The van der Waals surface area contributed by atoms with E-state index in [9.17, 15) is 19.7 Å². The summed E-state index contributed by atoms with van der Waals surface area (Å²) in [5, 5.41) is 14.4. The summed E-state index contributed by atoms with van der Waals surface area (Å²) in [7, 11) is 2.31. The van der Waals surface area contributed by atoms with Gasteiger partial charge in [-0.25, -0.2) is 4.79 Å². The normalized spacial score (nSPS) is 10.8. The molecule has 0 saturated heterocycles. The fraction of sp³-hybridized carbons (Fsp3) is 0.381. The minimum atomic E-state index is -0.621. The average Bonchev–Trinajstić information content (AvgIpc) is 2.77. The van der Waals surface area contributed by atoms with E-state index in [0.717, 1.165) is 31.6 Å². The maximum absolute atomic E-state index is 13.0. The SMILES string of the molecule is CCN(CC)CCCN(Cc1ccc(C(N)=O)nc1)C(=O)Nc1ccc(P)c([N+](=O)[O-])c1. The molecule has 172 valence electrons. The second-order valence-corrected chi connectivity index (χ2v) is 7.80. The number of primary amides is 1. The molecule has 3 amide bonds. The highest BCUT2D eigenvalue weighted by atomic mass is 31.0. The van der Waals surface area contributed by atoms with Gasteiger partial charge in [-0.05, 0) is 49.8 Å². The zero-order valence-electron chi connectivity index (χ0n) is 18.3. The van der Waals surface area contributed by atoms with Gasteiger partial charge in [-0.3, -0.25) is 19.9 Å². The van der Waals surface area contributed by atoms with E-state index < -0.39 is 10.8 Å². The molecule has 3 N–H and O–H groups in total. The zero-order valence-corrected chi connectivity index (χ0v) is 19.4. The fourth-order valence-corrected chi connectivity index (χ4v) is 3.43. The maximum atomic E-state index is 13.0. The number of nitrogens with one attached hydrogen (secondary N) is 1. The number of carbonyl (C=O) groups excluding carboxylic acids is 2. The van der Waals surface area contributed by atoms with Crippen LogP contribution in [0.25, 0.3) is 0 Å². The summed E-state index contributed by atoms with van der Waals surface area (Å²) in [6.07, 6.45) is 2.27. The summed E-state index contributed by atoms with van der Waals surface area (Å²) < 4.78 is 0. The third kappa shape index (κ3) is 7.25. The molecule has 0 radical (unpaired) electrons. The highest BCUT2D eigenvalue weighted by Crippen LogP contribution is 2.18. The molecule has 32 heavy (non-hydrogen) atoms. The lowest BCUT2D eigenvalue weighted by Gasteiger charge is -2.25. The van der Waals surface area contributed by atoms with Crippen LogP contribution in [-0.2, 0) is 6.54 Å². The first-order valence-corrected chi connectivity index (χ1v) is 10.9. The van der Waals surface area contributed by atoms with Crippen LogP contribution in [0.4, 0.5) is 16.2 Å². The molecule has 1 atom stereocenters. The molecule has 2 rings (SSSR count). The summed E-state index contributed by atoms with van der Waals surface area (Å²) in [5.41, 5.74) is 6.36. The molecule has 0 fully saturated rings. The molecule has 2 aromatic rings. The molecular weight excluding hydrogens is 431 g/mol. The molecule has 0 spiro atoms. The van der Waals surface area contributed by atoms with Crippen molar-refractivity contribution < 1.29 is 14.5 Å². The Morgan fingerprint density at radius 1 is 1.19 bits per heavy atom. The fourth-order valence-electron chi connectivity index (χ4n) is 3.14. The highest BCUT2D eigenvalue weighted by Gasteiger charge is 2.18. The van der Waals surface area contributed by atoms with E-state index in [1.807, 2.05) is 0 Å². The van der Waals surface area contributed by atoms with E-state index in [4.69, 9.17) is 5.73 Å². The Kier molecular flexibility index (Phi) is 9.49. The molecule has 1 aromatic heterocycles. The number of nitro benzene ring substituents is 1. The van der Waals surface area contributed by atoms with Gasteiger partial charge in [-0.1, -0.05) is 29.2 Å². The number of nitrogens with zero attached hydrogens (tertiary/aromatic N) is 4. The summed E-state index contributed by atoms with van der Waals surface area (Å²) >= 11 is 0. The van der Waals surface area contributed by atoms with Gasteiger partial charge in [0.05, 0.1) is 4.92 Å². The van der Waals surface area contributed by atoms with Crippen molar-refractivity contribution in [2.24, 2.45) is 5.73 Å². The van der Waals surface area contributed by atoms with Crippen LogP contribution < -0.4 is 16.4 Å². The van der Waals surface area contributed by atoms with Crippen LogP contribution in [0.1, 0.15) is 36.3 Å². The van der Waals surface area contributed by atoms with Crippen LogP contribution in [0.2, 0.25) is 0 Å². The molecule has 0 aliphatic heterocycles. The van der Waals surface area contributed by atoms with Gasteiger partial charge < -0.3 is 20.9 Å². The van der Waals surface area contributed by atoms with Crippen molar-refractivity contribution in [3.63, 3.8) is 0 Å². The van der Waals surface area contributed by atoms with Crippen molar-refractivity contribution in [1.82, 2.24) is 14.8 Å². The Bertz CT molecular complexity index is 950. The Labute approximate surface area is 189 Å². The minimum absolute atomic E-state index is 0.0906. The average molecular weight is 460 g/mol. The van der Waals surface area contributed by atoms with Gasteiger partial charge in [0.25, 0.3) is 11.6 Å². The summed E-state index contributed by atoms with van der Waals surface area (Å²) in [5.74, 6) is -0.621. The number of pyridine rings is 1. The number of benzene rings is 1. The predicted octanol–water partition coefficient (Wildman–Crippen LogP) is 2.36. The third-order valence-electron chi connectivity index (χ3n) is 5.01. The van der Waals surface area contributed by atoms with Crippen LogP contribution in [-0.4, -0.2) is 57.8 Å². The van der Waals surface area contributed by atoms with Crippen LogP contribution in [0.3, 0.4) is 0 Å². The number of nitro groups is 1. The topological polar surface area (TPSA) is 135 Å². The first-order chi connectivity index (χ1) is 15.2. The smallest absolute Gasteiger partial charge is 0.322 e. The Morgan fingerprint density at radius 3 is 2.47 bits per heavy atom. The van der Waals surface area contributed by atoms with Crippen LogP contribution in [0.15, 0.2) is 36.5 Å². The van der Waals surface area contributed by atoms with Gasteiger partial charge in [0.15, 0.2) is 0 Å². The molecule has 1 heterocycles. The Hall–Kier alpha value is -3.10. The van der Waals surface area contributed by atoms with Crippen LogP contribution in [0.5, 0.6) is 0 Å². The number of hydrogen-bond donors (Lipinski definition) is 2. The Balaban J connectivity index is 2.16. The maximum Gasteiger partial charge on any atom is 0.322 e. The first kappa shape index (κ1) is 25.2. The summed E-state index contributed by atoms with van der Waals surface area (Å²) in [6.45, 7) is 7.59. The van der Waals surface area contributed by atoms with Gasteiger partial charge >= 0.3 is 6.03 Å². The summed E-state index contributed by atoms with van der Waals surface area (Å²) in [6, 6.07) is 7.35. The monoisotopic (exact) mass is 460 g/mol. The quantitative estimate of drug-likeness (QED) is 0.300. The molecule has 1 aromatic carbocycles. The molecular formula is C21H29N6O4P. The van der Waals surface area contributed by atoms with Gasteiger partial charge in [0, 0.05) is 36.3 Å². The van der Waals surface area contributed by atoms with Crippen molar-refractivity contribution in [3.05, 3.63) is 57.9 Å². The Morgan fingerprint density at radius 2 is 1.91 bits per heavy atom. The van der Waals surface area contributed by atoms with Crippen LogP contribution in [0, 0.1) is 10.1 Å². The van der Waals surface area contributed by atoms with E-state index in [-0.39, 0.29) is 24.0 Å². The molecule has 0 saturated carbocycles. The van der Waals surface area contributed by atoms with Gasteiger partial charge in [0.1, 0.15) is 5.69 Å². The van der Waals surface area contributed by atoms with Gasteiger partial charge in [-0.2, -0.15) is 0 Å². The molecule has 0 bridgehead atoms. The number of hydrogen-bond acceptors (Lipinski definition) is 6. The van der Waals surface area contributed by atoms with E-state index in [2.05, 4.69) is 38.3 Å². The number of amides is 3. The lowest BCUT2D eigenvalue weighted by atomic mass is 10.2. The largest absolute Gasteiger partial charge is 0.364 e. The number of urea groups is 1. The lowest BCUT2D eigenvalue weighted by Crippen LogP contribution is -2.37. The number of anilines is 1. The van der Waals surface area contributed by atoms with Crippen molar-refractivity contribution in [2.45, 2.75) is 26.8 Å². The summed E-state index contributed by atoms with van der Waals surface area (Å²) in [4.78, 5) is 42.9. The van der Waals surface area contributed by atoms with Crippen LogP contribution >= 0.6 is 9.24 Å². The van der Waals surface area contributed by atoms with Crippen molar-refractivity contribution >= 4 is 37.9 Å². The van der Waals surface area contributed by atoms with E-state index in [1.165, 1.54) is 18.3 Å². The second kappa shape index (κ2) is 12.1. The zero-order chi connectivity index (χ0) is 23.7. The van der Waals surface area contributed by atoms with E-state index in [0.29, 0.717) is 17.5 Å². The first-order valence-electron chi connectivity index (χ1n) is 10.3. The predicted molar refractivity (Wildman–Crippen MR) is 127 cm³/mol. The van der Waals surface area contributed by atoms with Gasteiger partial charge in [0.2, 0.25) is 0 Å². The molecule has 1 unspecified atom stereocenters. The molecule has 0 aliphatic carbocycles. The third-order valence-corrected chi connectivity index (χ3v) is 5.50. The minimum Gasteiger partial charge on any atom is -0.364 e. The van der Waals surface area contributed by atoms with Crippen molar-refractivity contribution in [2.75, 3.05) is 31.5 Å². The highest BCUT2D eigenvalue weighted by molar-refractivity contribution is 7.27. The molecule has 10 nitrogen and oxygen atoms in total. The van der Waals surface area contributed by atoms with E-state index >= 15 is 0 Å². The standard InChI is InChI=1S/C21H29N6O4P/c1-3-25(4-2)10-5-11-26(14-15-6-8-17(20(22)28)23-13-15)21(29)24-16-7-9-19(32)18(12-16)27(30)31/h6-9,12-13H,3-5,10-11,14,32H2,1-2H3,(H2,22,28)(H,24,29). The number of nitrogens with two attached hydrogens (primary N) is 1. The number of aromatic nitrogens is 1. The molecule has 0 aliphatic rings. The lowest BCUT2D eigenvalue weighted by molar-refractivity contribution is -0.383. The second-order valence-electron chi connectivity index (χ2n) is 7.18. The van der Waals surface area contributed by atoms with Crippen molar-refractivity contribution in [3.8, 4) is 0 Å².